The Balaban J connectivity index is 2.12. The van der Waals surface area contributed by atoms with E-state index in [-0.39, 0.29) is 0 Å². The van der Waals surface area contributed by atoms with Crippen molar-refractivity contribution in [3.8, 4) is 0 Å². The van der Waals surface area contributed by atoms with Gasteiger partial charge in [0.2, 0.25) is 8.32 Å². The van der Waals surface area contributed by atoms with Gasteiger partial charge in [-0.2, -0.15) is 0 Å². The number of hydrogen-bond acceptors (Lipinski definition) is 1. The van der Waals surface area contributed by atoms with Gasteiger partial charge in [-0.3, -0.25) is 0 Å². The van der Waals surface area contributed by atoms with Crippen LogP contribution in [0.5, 0.6) is 0 Å². The van der Waals surface area contributed by atoms with E-state index in [1.165, 1.54) is 16.3 Å². The highest BCUT2D eigenvalue weighted by Crippen LogP contribution is 2.15. The fraction of sp³-hybridized carbons (Fsp3) is 0.263. The molecule has 0 bridgehead atoms. The van der Waals surface area contributed by atoms with Crippen molar-refractivity contribution >= 4 is 34.0 Å². The van der Waals surface area contributed by atoms with E-state index in [2.05, 4.69) is 93.4 Å². The van der Waals surface area contributed by atoms with Crippen molar-refractivity contribution in [2.45, 2.75) is 32.7 Å². The smallest absolute Gasteiger partial charge is 0.205 e. The highest BCUT2D eigenvalue weighted by atomic mass is 28.4. The number of benzene rings is 2. The van der Waals surface area contributed by atoms with Crippen LogP contribution < -0.4 is 5.19 Å². The lowest BCUT2D eigenvalue weighted by atomic mass is 10.1. The van der Waals surface area contributed by atoms with Crippen LogP contribution >= 0.6 is 0 Å². The fourth-order valence-electron chi connectivity index (χ4n) is 2.58. The lowest BCUT2D eigenvalue weighted by Gasteiger charge is -2.31. The summed E-state index contributed by atoms with van der Waals surface area (Å²) in [5.41, 5.74) is 2.45. The Hall–Kier alpha value is -1.43. The molecule has 0 unspecified atom stereocenters. The second kappa shape index (κ2) is 6.77. The standard InChI is InChI=1S/C19H26OSi2/c1-21(2,3)20-22(4,5)19-15-13-18(14-16-19)12-11-17-9-7-6-8-10-17/h6-16H,1-5H3/b12-11+. The van der Waals surface area contributed by atoms with Crippen LogP contribution in [-0.2, 0) is 4.12 Å². The highest BCUT2D eigenvalue weighted by Gasteiger charge is 2.31. The lowest BCUT2D eigenvalue weighted by molar-refractivity contribution is 0.566. The molecule has 3 heteroatoms. The number of rotatable bonds is 5. The molecule has 0 amide bonds. The van der Waals surface area contributed by atoms with Gasteiger partial charge in [-0.15, -0.1) is 0 Å². The normalized spacial score (nSPS) is 12.8. The molecule has 0 aromatic heterocycles. The van der Waals surface area contributed by atoms with Gasteiger partial charge >= 0.3 is 0 Å². The van der Waals surface area contributed by atoms with E-state index in [9.17, 15) is 0 Å². The molecule has 2 rings (SSSR count). The van der Waals surface area contributed by atoms with E-state index < -0.39 is 16.6 Å². The molecule has 1 nitrogen and oxygen atoms in total. The van der Waals surface area contributed by atoms with Crippen LogP contribution in [0, 0.1) is 0 Å². The Morgan fingerprint density at radius 1 is 0.682 bits per heavy atom. The maximum atomic E-state index is 6.44. The first-order chi connectivity index (χ1) is 10.3. The van der Waals surface area contributed by atoms with Gasteiger partial charge in [0.25, 0.3) is 0 Å². The molecule has 0 saturated carbocycles. The van der Waals surface area contributed by atoms with Crippen molar-refractivity contribution in [1.29, 1.82) is 0 Å². The quantitative estimate of drug-likeness (QED) is 0.547. The van der Waals surface area contributed by atoms with E-state index in [0.29, 0.717) is 0 Å². The van der Waals surface area contributed by atoms with Crippen LogP contribution in [0.2, 0.25) is 32.7 Å². The molecule has 22 heavy (non-hydrogen) atoms. The third-order valence-electron chi connectivity index (χ3n) is 3.44. The second-order valence-electron chi connectivity index (χ2n) is 7.09. The van der Waals surface area contributed by atoms with E-state index in [4.69, 9.17) is 4.12 Å². The summed E-state index contributed by atoms with van der Waals surface area (Å²) < 4.78 is 6.44. The zero-order chi connectivity index (χ0) is 16.2. The predicted molar refractivity (Wildman–Crippen MR) is 103 cm³/mol. The molecule has 0 aliphatic rings. The second-order valence-corrected chi connectivity index (χ2v) is 15.7. The minimum atomic E-state index is -1.79. The summed E-state index contributed by atoms with van der Waals surface area (Å²) in [6.45, 7) is 11.4. The maximum Gasteiger partial charge on any atom is 0.205 e. The van der Waals surface area contributed by atoms with Gasteiger partial charge in [0, 0.05) is 0 Å². The fourth-order valence-corrected chi connectivity index (χ4v) is 10.1. The van der Waals surface area contributed by atoms with Crippen LogP contribution in [0.25, 0.3) is 12.2 Å². The van der Waals surface area contributed by atoms with E-state index in [0.717, 1.165) is 0 Å². The molecule has 0 fully saturated rings. The summed E-state index contributed by atoms with van der Waals surface area (Å²) in [6, 6.07) is 19.2. The molecular weight excluding hydrogens is 300 g/mol. The van der Waals surface area contributed by atoms with Crippen LogP contribution in [0.3, 0.4) is 0 Å². The highest BCUT2D eigenvalue weighted by molar-refractivity contribution is 6.92. The summed E-state index contributed by atoms with van der Waals surface area (Å²) >= 11 is 0. The SMILES string of the molecule is C[Si](C)(C)O[Si](C)(C)c1ccc(/C=C/c2ccccc2)cc1. The zero-order valence-electron chi connectivity index (χ0n) is 14.3. The van der Waals surface area contributed by atoms with E-state index >= 15 is 0 Å². The van der Waals surface area contributed by atoms with Gasteiger partial charge in [-0.25, -0.2) is 0 Å². The van der Waals surface area contributed by atoms with Crippen LogP contribution in [0.4, 0.5) is 0 Å². The van der Waals surface area contributed by atoms with Crippen molar-refractivity contribution in [2.75, 3.05) is 0 Å². The topological polar surface area (TPSA) is 9.23 Å². The molecule has 0 aliphatic carbocycles. The van der Waals surface area contributed by atoms with Gasteiger partial charge in [-0.1, -0.05) is 66.7 Å². The molecule has 2 aromatic rings. The summed E-state index contributed by atoms with van der Waals surface area (Å²) in [7, 11) is -3.29. The Labute approximate surface area is 136 Å². The largest absolute Gasteiger partial charge is 0.452 e. The van der Waals surface area contributed by atoms with Crippen molar-refractivity contribution in [3.63, 3.8) is 0 Å². The molecule has 0 N–H and O–H groups in total. The van der Waals surface area contributed by atoms with Crippen molar-refractivity contribution < 1.29 is 4.12 Å². The Morgan fingerprint density at radius 3 is 1.68 bits per heavy atom. The first-order valence-corrected chi connectivity index (χ1v) is 14.1. The van der Waals surface area contributed by atoms with Crippen LogP contribution in [-0.4, -0.2) is 16.6 Å². The average molecular weight is 327 g/mol. The van der Waals surface area contributed by atoms with Crippen molar-refractivity contribution in [1.82, 2.24) is 0 Å². The van der Waals surface area contributed by atoms with E-state index in [1.807, 2.05) is 6.07 Å². The van der Waals surface area contributed by atoms with Crippen molar-refractivity contribution in [2.24, 2.45) is 0 Å². The van der Waals surface area contributed by atoms with Crippen LogP contribution in [0.15, 0.2) is 54.6 Å². The number of hydrogen-bond donors (Lipinski definition) is 0. The molecule has 0 heterocycles. The summed E-state index contributed by atoms with van der Waals surface area (Å²) in [5.74, 6) is 0. The molecular formula is C19H26OSi2. The first kappa shape index (κ1) is 16.9. The van der Waals surface area contributed by atoms with Gasteiger partial charge in [0.05, 0.1) is 0 Å². The molecule has 116 valence electrons. The molecule has 0 radical (unpaired) electrons. The summed E-state index contributed by atoms with van der Waals surface area (Å²) in [5, 5.41) is 1.37. The molecule has 2 aromatic carbocycles. The third-order valence-corrected chi connectivity index (χ3v) is 9.65. The van der Waals surface area contributed by atoms with Gasteiger partial charge < -0.3 is 4.12 Å². The minimum Gasteiger partial charge on any atom is -0.452 e. The Kier molecular flexibility index (Phi) is 5.21. The summed E-state index contributed by atoms with van der Waals surface area (Å²) in [6.07, 6.45) is 4.31. The molecule has 0 atom stereocenters. The Morgan fingerprint density at radius 2 is 1.18 bits per heavy atom. The van der Waals surface area contributed by atoms with Gasteiger partial charge in [-0.05, 0) is 49.0 Å². The lowest BCUT2D eigenvalue weighted by Crippen LogP contribution is -2.51. The molecule has 0 saturated heterocycles. The van der Waals surface area contributed by atoms with Gasteiger partial charge in [0.15, 0.2) is 8.32 Å². The van der Waals surface area contributed by atoms with Crippen LogP contribution in [0.1, 0.15) is 11.1 Å². The first-order valence-electron chi connectivity index (χ1n) is 7.80. The molecule has 0 spiro atoms. The minimum absolute atomic E-state index is 1.23. The monoisotopic (exact) mass is 326 g/mol. The Bertz CT molecular complexity index is 623. The zero-order valence-corrected chi connectivity index (χ0v) is 16.3. The molecule has 0 aliphatic heterocycles. The predicted octanol–water partition coefficient (Wildman–Crippen LogP) is 5.12. The maximum absolute atomic E-state index is 6.44. The average Bonchev–Trinajstić information content (AvgIpc) is 2.44. The van der Waals surface area contributed by atoms with E-state index in [1.54, 1.807) is 0 Å². The third kappa shape index (κ3) is 5.09. The van der Waals surface area contributed by atoms with Gasteiger partial charge in [0.1, 0.15) is 0 Å². The van der Waals surface area contributed by atoms with Crippen molar-refractivity contribution in [3.05, 3.63) is 65.7 Å². The summed E-state index contributed by atoms with van der Waals surface area (Å²) in [4.78, 5) is 0.